The van der Waals surface area contributed by atoms with Crippen molar-refractivity contribution < 1.29 is 41.4 Å². The lowest BCUT2D eigenvalue weighted by Crippen LogP contribution is -2.44. The third kappa shape index (κ3) is 7.43. The fourth-order valence-electron chi connectivity index (χ4n) is 4.24. The summed E-state index contributed by atoms with van der Waals surface area (Å²) in [5.41, 5.74) is -0.117. The first-order valence-electron chi connectivity index (χ1n) is 13.3. The monoisotopic (exact) mass is 603 g/mol. The van der Waals surface area contributed by atoms with Crippen molar-refractivity contribution in [2.24, 2.45) is 0 Å². The van der Waals surface area contributed by atoms with Crippen LogP contribution in [0, 0.1) is 0 Å². The second kappa shape index (κ2) is 13.2. The summed E-state index contributed by atoms with van der Waals surface area (Å²) in [6, 6.07) is 27.3. The first kappa shape index (κ1) is 29.9. The number of carbonyl (C=O) groups is 2. The number of halogens is 3. The minimum atomic E-state index is -5.07. The summed E-state index contributed by atoms with van der Waals surface area (Å²) in [4.78, 5) is 38.9. The van der Waals surface area contributed by atoms with Gasteiger partial charge in [0.15, 0.2) is 0 Å². The van der Waals surface area contributed by atoms with Crippen molar-refractivity contribution in [3.8, 4) is 17.2 Å². The van der Waals surface area contributed by atoms with Crippen molar-refractivity contribution in [2.75, 3.05) is 0 Å². The molecule has 1 heterocycles. The van der Waals surface area contributed by atoms with Gasteiger partial charge in [-0.1, -0.05) is 78.9 Å². The number of hydrogen-bond donors (Lipinski definition) is 1. The number of alkyl halides is 3. The Bertz CT molecular complexity index is 1810. The van der Waals surface area contributed by atoms with Crippen molar-refractivity contribution in [3.05, 3.63) is 136 Å². The quantitative estimate of drug-likeness (QED) is 0.142. The first-order valence-corrected chi connectivity index (χ1v) is 13.3. The highest BCUT2D eigenvalue weighted by Gasteiger charge is 2.40. The Kier molecular flexibility index (Phi) is 8.94. The average molecular weight is 604 g/mol. The van der Waals surface area contributed by atoms with Gasteiger partial charge >= 0.3 is 18.2 Å². The number of carbonyl (C=O) groups excluding carboxylic acids is 2. The van der Waals surface area contributed by atoms with Gasteiger partial charge in [-0.25, -0.2) is 9.59 Å². The van der Waals surface area contributed by atoms with Gasteiger partial charge in [-0.05, 0) is 35.4 Å². The third-order valence-electron chi connectivity index (χ3n) is 6.33. The van der Waals surface area contributed by atoms with Crippen LogP contribution in [0.15, 0.2) is 118 Å². The molecule has 1 N–H and O–H groups in total. The predicted molar refractivity (Wildman–Crippen MR) is 153 cm³/mol. The van der Waals surface area contributed by atoms with Crippen molar-refractivity contribution in [1.82, 2.24) is 5.32 Å². The molecule has 0 saturated heterocycles. The number of ether oxygens (including phenoxy) is 3. The number of hydrogen-bond acceptors (Lipinski definition) is 7. The van der Waals surface area contributed by atoms with Crippen LogP contribution in [0.2, 0.25) is 0 Å². The molecule has 44 heavy (non-hydrogen) atoms. The molecule has 5 rings (SSSR count). The molecule has 0 spiro atoms. The van der Waals surface area contributed by atoms with E-state index in [1.165, 1.54) is 30.3 Å². The van der Waals surface area contributed by atoms with E-state index >= 15 is 0 Å². The van der Waals surface area contributed by atoms with Crippen molar-refractivity contribution in [1.29, 1.82) is 0 Å². The number of amides is 1. The third-order valence-corrected chi connectivity index (χ3v) is 6.33. The van der Waals surface area contributed by atoms with Gasteiger partial charge in [0, 0.05) is 12.5 Å². The SMILES string of the molecule is O=C(NC(Cc1ccccc1)C(=O)Oc1ccc2c(=O)c(Oc3ccccc3)c(C(F)(F)F)oc2c1)OCc1ccccc1. The molecule has 1 atom stereocenters. The highest BCUT2D eigenvalue weighted by molar-refractivity contribution is 5.85. The molecule has 0 bridgehead atoms. The topological polar surface area (TPSA) is 104 Å². The number of nitrogens with one attached hydrogen (secondary N) is 1. The van der Waals surface area contributed by atoms with Crippen LogP contribution in [0.3, 0.4) is 0 Å². The minimum absolute atomic E-state index is 0.00875. The normalized spacial score (nSPS) is 11.9. The number of fused-ring (bicyclic) bond motifs is 1. The van der Waals surface area contributed by atoms with Gasteiger partial charge < -0.3 is 23.9 Å². The van der Waals surface area contributed by atoms with Gasteiger partial charge in [0.05, 0.1) is 5.39 Å². The number of esters is 1. The molecular weight excluding hydrogens is 579 g/mol. The van der Waals surface area contributed by atoms with Crippen molar-refractivity contribution in [3.63, 3.8) is 0 Å². The molecule has 0 aliphatic carbocycles. The summed E-state index contributed by atoms with van der Waals surface area (Å²) < 4.78 is 62.8. The Morgan fingerprint density at radius 2 is 1.41 bits per heavy atom. The van der Waals surface area contributed by atoms with Gasteiger partial charge in [0.25, 0.3) is 5.76 Å². The van der Waals surface area contributed by atoms with Gasteiger partial charge in [0.2, 0.25) is 11.2 Å². The van der Waals surface area contributed by atoms with Crippen LogP contribution >= 0.6 is 0 Å². The summed E-state index contributed by atoms with van der Waals surface area (Å²) in [5.74, 6) is -3.80. The molecule has 5 aromatic rings. The Morgan fingerprint density at radius 1 is 0.795 bits per heavy atom. The summed E-state index contributed by atoms with van der Waals surface area (Å²) >= 11 is 0. The minimum Gasteiger partial charge on any atom is -0.449 e. The van der Waals surface area contributed by atoms with E-state index in [9.17, 15) is 27.6 Å². The molecule has 11 heteroatoms. The second-order valence-electron chi connectivity index (χ2n) is 9.53. The standard InChI is InChI=1S/C33H24F3NO7/c34-33(35,36)30-29(42-23-14-8-3-9-15-23)28(38)25-17-16-24(19-27(25)44-30)43-31(39)26(18-21-10-4-1-5-11-21)37-32(40)41-20-22-12-6-2-7-13-22/h1-17,19,26H,18,20H2,(H,37,40). The first-order chi connectivity index (χ1) is 21.2. The van der Waals surface area contributed by atoms with E-state index < -0.39 is 46.8 Å². The zero-order valence-corrected chi connectivity index (χ0v) is 22.9. The molecule has 0 aliphatic heterocycles. The number of para-hydroxylation sites is 1. The zero-order chi connectivity index (χ0) is 31.1. The van der Waals surface area contributed by atoms with Crippen LogP contribution < -0.4 is 20.2 Å². The van der Waals surface area contributed by atoms with E-state index in [-0.39, 0.29) is 29.9 Å². The maximum absolute atomic E-state index is 13.9. The predicted octanol–water partition coefficient (Wildman–Crippen LogP) is 7.05. The lowest BCUT2D eigenvalue weighted by molar-refractivity contribution is -0.154. The van der Waals surface area contributed by atoms with E-state index in [0.717, 1.165) is 17.7 Å². The molecule has 0 fully saturated rings. The Labute approximate surface area is 248 Å². The molecule has 0 radical (unpaired) electrons. The molecule has 1 unspecified atom stereocenters. The smallest absolute Gasteiger partial charge is 0.449 e. The second-order valence-corrected chi connectivity index (χ2v) is 9.53. The molecule has 224 valence electrons. The molecule has 0 aliphatic rings. The fraction of sp³-hybridized carbons (Fsp3) is 0.121. The van der Waals surface area contributed by atoms with Gasteiger partial charge in [-0.2, -0.15) is 13.2 Å². The molecule has 1 aromatic heterocycles. The zero-order valence-electron chi connectivity index (χ0n) is 22.9. The molecular formula is C33H24F3NO7. The van der Waals surface area contributed by atoms with Gasteiger partial charge in [0.1, 0.15) is 29.7 Å². The highest BCUT2D eigenvalue weighted by atomic mass is 19.4. The summed E-state index contributed by atoms with van der Waals surface area (Å²) in [7, 11) is 0. The maximum atomic E-state index is 13.9. The summed E-state index contributed by atoms with van der Waals surface area (Å²) in [6.07, 6.45) is -5.92. The Balaban J connectivity index is 1.39. The van der Waals surface area contributed by atoms with Gasteiger partial charge in [-0.15, -0.1) is 0 Å². The van der Waals surface area contributed by atoms with E-state index in [1.807, 2.05) is 6.07 Å². The lowest BCUT2D eigenvalue weighted by atomic mass is 10.1. The number of alkyl carbamates (subject to hydrolysis) is 1. The summed E-state index contributed by atoms with van der Waals surface area (Å²) in [5, 5.41) is 2.26. The fourth-order valence-corrected chi connectivity index (χ4v) is 4.24. The Morgan fingerprint density at radius 3 is 2.05 bits per heavy atom. The van der Waals surface area contributed by atoms with Crippen LogP contribution in [-0.2, 0) is 28.7 Å². The van der Waals surface area contributed by atoms with Crippen molar-refractivity contribution in [2.45, 2.75) is 25.2 Å². The number of benzene rings is 4. The maximum Gasteiger partial charge on any atom is 0.453 e. The average Bonchev–Trinajstić information content (AvgIpc) is 3.02. The lowest BCUT2D eigenvalue weighted by Gasteiger charge is -2.18. The van der Waals surface area contributed by atoms with Crippen molar-refractivity contribution >= 4 is 23.0 Å². The Hall–Kier alpha value is -5.58. The molecule has 4 aromatic carbocycles. The van der Waals surface area contributed by atoms with E-state index in [4.69, 9.17) is 18.6 Å². The van der Waals surface area contributed by atoms with E-state index in [2.05, 4.69) is 5.32 Å². The summed E-state index contributed by atoms with van der Waals surface area (Å²) in [6.45, 7) is -0.0407. The van der Waals surface area contributed by atoms with Gasteiger partial charge in [-0.3, -0.25) is 4.79 Å². The molecule has 1 amide bonds. The van der Waals surface area contributed by atoms with Crippen LogP contribution in [0.5, 0.6) is 17.2 Å². The number of rotatable bonds is 9. The van der Waals surface area contributed by atoms with E-state index in [0.29, 0.717) is 5.56 Å². The van der Waals surface area contributed by atoms with Crippen LogP contribution in [-0.4, -0.2) is 18.1 Å². The van der Waals surface area contributed by atoms with Crippen LogP contribution in [0.4, 0.5) is 18.0 Å². The largest absolute Gasteiger partial charge is 0.453 e. The molecule has 0 saturated carbocycles. The van der Waals surface area contributed by atoms with Crippen LogP contribution in [0.25, 0.3) is 11.0 Å². The molecule has 8 nitrogen and oxygen atoms in total. The van der Waals surface area contributed by atoms with E-state index in [1.54, 1.807) is 60.7 Å². The highest BCUT2D eigenvalue weighted by Crippen LogP contribution is 2.38. The van der Waals surface area contributed by atoms with Crippen LogP contribution in [0.1, 0.15) is 16.9 Å².